The lowest BCUT2D eigenvalue weighted by atomic mass is 10.3. The number of anilines is 1. The Morgan fingerprint density at radius 2 is 2.21 bits per heavy atom. The maximum atomic E-state index is 4.57. The van der Waals surface area contributed by atoms with Gasteiger partial charge in [0.2, 0.25) is 0 Å². The zero-order valence-electron chi connectivity index (χ0n) is 10.8. The van der Waals surface area contributed by atoms with Crippen LogP contribution in [-0.2, 0) is 13.0 Å². The third-order valence-electron chi connectivity index (χ3n) is 2.76. The molecule has 0 saturated carbocycles. The smallest absolute Gasteiger partial charge is 0.138 e. The molecule has 0 amide bonds. The van der Waals surface area contributed by atoms with Crippen LogP contribution in [0.5, 0.6) is 0 Å². The molecule has 3 aromatic heterocycles. The highest BCUT2D eigenvalue weighted by atomic mass is 32.1. The minimum absolute atomic E-state index is 0.712. The Kier molecular flexibility index (Phi) is 3.44. The molecule has 0 aliphatic rings. The van der Waals surface area contributed by atoms with Gasteiger partial charge < -0.3 is 5.32 Å². The third-order valence-corrected chi connectivity index (χ3v) is 4.48. The number of nitrogens with one attached hydrogen (secondary N) is 1. The van der Waals surface area contributed by atoms with Gasteiger partial charge in [-0.05, 0) is 18.4 Å². The van der Waals surface area contributed by atoms with Gasteiger partial charge in [0.1, 0.15) is 21.5 Å². The normalized spacial score (nSPS) is 11.1. The molecule has 3 aromatic rings. The second-order valence-corrected chi connectivity index (χ2v) is 6.41. The zero-order chi connectivity index (χ0) is 13.2. The Morgan fingerprint density at radius 1 is 1.32 bits per heavy atom. The number of thiazole rings is 1. The van der Waals surface area contributed by atoms with Gasteiger partial charge in [0.15, 0.2) is 0 Å². The fourth-order valence-corrected chi connectivity index (χ4v) is 3.34. The highest BCUT2D eigenvalue weighted by Gasteiger charge is 2.08. The number of aromatic nitrogens is 3. The van der Waals surface area contributed by atoms with E-state index >= 15 is 0 Å². The van der Waals surface area contributed by atoms with Crippen molar-refractivity contribution in [3.63, 3.8) is 0 Å². The second kappa shape index (κ2) is 5.22. The summed E-state index contributed by atoms with van der Waals surface area (Å²) in [6, 6.07) is 2.06. The predicted molar refractivity (Wildman–Crippen MR) is 81.0 cm³/mol. The average molecular weight is 290 g/mol. The first-order valence-corrected chi connectivity index (χ1v) is 7.85. The summed E-state index contributed by atoms with van der Waals surface area (Å²) in [6.07, 6.45) is 2.75. The summed E-state index contributed by atoms with van der Waals surface area (Å²) in [4.78, 5) is 15.7. The Morgan fingerprint density at radius 3 is 2.95 bits per heavy atom. The lowest BCUT2D eigenvalue weighted by Crippen LogP contribution is -2.04. The molecule has 0 spiro atoms. The van der Waals surface area contributed by atoms with Gasteiger partial charge in [0, 0.05) is 17.5 Å². The molecular weight excluding hydrogens is 276 g/mol. The molecule has 6 heteroatoms. The van der Waals surface area contributed by atoms with Crippen LogP contribution in [0.25, 0.3) is 10.2 Å². The molecule has 4 nitrogen and oxygen atoms in total. The zero-order valence-corrected chi connectivity index (χ0v) is 12.4. The van der Waals surface area contributed by atoms with E-state index in [1.165, 1.54) is 4.88 Å². The summed E-state index contributed by atoms with van der Waals surface area (Å²) in [5.74, 6) is 1.80. The van der Waals surface area contributed by atoms with E-state index in [1.54, 1.807) is 22.7 Å². The van der Waals surface area contributed by atoms with Gasteiger partial charge in [0.05, 0.1) is 11.9 Å². The van der Waals surface area contributed by atoms with E-state index in [0.717, 1.165) is 33.3 Å². The van der Waals surface area contributed by atoms with Gasteiger partial charge in [-0.25, -0.2) is 15.0 Å². The van der Waals surface area contributed by atoms with Crippen molar-refractivity contribution in [2.45, 2.75) is 26.8 Å². The van der Waals surface area contributed by atoms with E-state index in [1.807, 2.05) is 6.20 Å². The van der Waals surface area contributed by atoms with Gasteiger partial charge in [0.25, 0.3) is 0 Å². The van der Waals surface area contributed by atoms with Crippen molar-refractivity contribution in [3.05, 3.63) is 33.4 Å². The standard InChI is InChI=1S/C13H14N4S2/c1-3-10-16-12(9-4-5-18-13(9)17-10)15-7-11-14-6-8(2)19-11/h4-6H,3,7H2,1-2H3,(H,15,16,17). The number of fused-ring (bicyclic) bond motifs is 1. The average Bonchev–Trinajstić information content (AvgIpc) is 3.04. The molecule has 0 aromatic carbocycles. The molecule has 0 saturated heterocycles. The quantitative estimate of drug-likeness (QED) is 0.797. The number of hydrogen-bond donors (Lipinski definition) is 1. The van der Waals surface area contributed by atoms with Gasteiger partial charge in [-0.1, -0.05) is 6.92 Å². The molecule has 0 radical (unpaired) electrons. The first-order valence-electron chi connectivity index (χ1n) is 6.15. The minimum atomic E-state index is 0.712. The molecular formula is C13H14N4S2. The lowest BCUT2D eigenvalue weighted by Gasteiger charge is -2.06. The summed E-state index contributed by atoms with van der Waals surface area (Å²) in [6.45, 7) is 4.85. The Hall–Kier alpha value is -1.53. The van der Waals surface area contributed by atoms with Gasteiger partial charge in [-0.2, -0.15) is 0 Å². The van der Waals surface area contributed by atoms with Crippen molar-refractivity contribution < 1.29 is 0 Å². The molecule has 0 fully saturated rings. The van der Waals surface area contributed by atoms with Gasteiger partial charge >= 0.3 is 0 Å². The molecule has 19 heavy (non-hydrogen) atoms. The highest BCUT2D eigenvalue weighted by Crippen LogP contribution is 2.25. The van der Waals surface area contributed by atoms with Crippen molar-refractivity contribution in [2.24, 2.45) is 0 Å². The summed E-state index contributed by atoms with van der Waals surface area (Å²) in [5, 5.41) is 7.61. The summed E-state index contributed by atoms with van der Waals surface area (Å²) >= 11 is 3.36. The summed E-state index contributed by atoms with van der Waals surface area (Å²) < 4.78 is 0. The van der Waals surface area contributed by atoms with E-state index in [-0.39, 0.29) is 0 Å². The van der Waals surface area contributed by atoms with Gasteiger partial charge in [-0.15, -0.1) is 22.7 Å². The van der Waals surface area contributed by atoms with Crippen molar-refractivity contribution in [1.29, 1.82) is 0 Å². The Balaban J connectivity index is 1.88. The van der Waals surface area contributed by atoms with E-state index in [2.05, 4.69) is 45.6 Å². The van der Waals surface area contributed by atoms with E-state index in [9.17, 15) is 0 Å². The van der Waals surface area contributed by atoms with Crippen LogP contribution in [0, 0.1) is 6.92 Å². The number of rotatable bonds is 4. The first kappa shape index (κ1) is 12.5. The van der Waals surface area contributed by atoms with Crippen LogP contribution >= 0.6 is 22.7 Å². The predicted octanol–water partition coefficient (Wildman–Crippen LogP) is 3.63. The van der Waals surface area contributed by atoms with Crippen LogP contribution in [0.2, 0.25) is 0 Å². The lowest BCUT2D eigenvalue weighted by molar-refractivity contribution is 0.955. The monoisotopic (exact) mass is 290 g/mol. The van der Waals surface area contributed by atoms with Crippen molar-refractivity contribution in [2.75, 3.05) is 5.32 Å². The molecule has 0 bridgehead atoms. The maximum Gasteiger partial charge on any atom is 0.138 e. The molecule has 98 valence electrons. The fraction of sp³-hybridized carbons (Fsp3) is 0.308. The number of nitrogens with zero attached hydrogens (tertiary/aromatic N) is 3. The highest BCUT2D eigenvalue weighted by molar-refractivity contribution is 7.16. The molecule has 0 unspecified atom stereocenters. The number of thiophene rings is 1. The van der Waals surface area contributed by atoms with Crippen LogP contribution in [0.1, 0.15) is 22.6 Å². The van der Waals surface area contributed by atoms with Crippen LogP contribution < -0.4 is 5.32 Å². The van der Waals surface area contributed by atoms with Gasteiger partial charge in [-0.3, -0.25) is 0 Å². The van der Waals surface area contributed by atoms with Crippen molar-refractivity contribution in [3.8, 4) is 0 Å². The topological polar surface area (TPSA) is 50.7 Å². The minimum Gasteiger partial charge on any atom is -0.363 e. The van der Waals surface area contributed by atoms with Crippen LogP contribution in [0.4, 0.5) is 5.82 Å². The Labute approximate surface area is 119 Å². The molecule has 1 N–H and O–H groups in total. The van der Waals surface area contributed by atoms with E-state index in [0.29, 0.717) is 6.54 Å². The second-order valence-electron chi connectivity index (χ2n) is 4.20. The number of aryl methyl sites for hydroxylation is 2. The Bertz CT molecular complexity index is 702. The third kappa shape index (κ3) is 2.59. The summed E-state index contributed by atoms with van der Waals surface area (Å²) in [7, 11) is 0. The summed E-state index contributed by atoms with van der Waals surface area (Å²) in [5.41, 5.74) is 0. The van der Waals surface area contributed by atoms with E-state index < -0.39 is 0 Å². The largest absolute Gasteiger partial charge is 0.363 e. The van der Waals surface area contributed by atoms with Crippen LogP contribution in [0.3, 0.4) is 0 Å². The molecule has 0 aliphatic carbocycles. The van der Waals surface area contributed by atoms with Crippen molar-refractivity contribution >= 4 is 38.7 Å². The van der Waals surface area contributed by atoms with Crippen LogP contribution in [-0.4, -0.2) is 15.0 Å². The molecule has 3 rings (SSSR count). The maximum absolute atomic E-state index is 4.57. The van der Waals surface area contributed by atoms with Crippen molar-refractivity contribution in [1.82, 2.24) is 15.0 Å². The SMILES string of the molecule is CCc1nc(NCc2ncc(C)s2)c2ccsc2n1. The molecule has 3 heterocycles. The van der Waals surface area contributed by atoms with E-state index in [4.69, 9.17) is 0 Å². The molecule has 0 aliphatic heterocycles. The molecule has 0 atom stereocenters. The first-order chi connectivity index (χ1) is 9.26. The number of hydrogen-bond acceptors (Lipinski definition) is 6. The fourth-order valence-electron chi connectivity index (χ4n) is 1.83. The van der Waals surface area contributed by atoms with Crippen LogP contribution in [0.15, 0.2) is 17.6 Å².